The van der Waals surface area contributed by atoms with Crippen molar-refractivity contribution < 1.29 is 0 Å². The Hall–Kier alpha value is -2.52. The Balaban J connectivity index is 1.25. The van der Waals surface area contributed by atoms with Crippen LogP contribution in [0.15, 0.2) is 40.5 Å². The Morgan fingerprint density at radius 3 is 2.66 bits per heavy atom. The standard InChI is InChI=1S/C20H24N8S/c1-13-14(2)24-22-11-16(13)29-18-4-3-17(25-26-18)27-9-6-20(7-10-27)12-28-15(19(20)21)5-8-23-28/h3-5,8,11,19H,6-7,9-10,12,21H2,1-2H3/t19-/m1/s1. The molecule has 1 saturated heterocycles. The second-order valence-electron chi connectivity index (χ2n) is 7.99. The maximum atomic E-state index is 6.58. The van der Waals surface area contributed by atoms with Crippen LogP contribution >= 0.6 is 11.8 Å². The first-order valence-corrected chi connectivity index (χ1v) is 10.7. The first-order valence-electron chi connectivity index (χ1n) is 9.88. The van der Waals surface area contributed by atoms with Crippen molar-refractivity contribution in [2.45, 2.75) is 49.2 Å². The highest BCUT2D eigenvalue weighted by molar-refractivity contribution is 7.99. The Morgan fingerprint density at radius 2 is 1.93 bits per heavy atom. The van der Waals surface area contributed by atoms with Crippen LogP contribution in [0.4, 0.5) is 5.82 Å². The summed E-state index contributed by atoms with van der Waals surface area (Å²) in [5.74, 6) is 0.925. The largest absolute Gasteiger partial charge is 0.355 e. The molecule has 3 aromatic heterocycles. The Bertz CT molecular complexity index is 1020. The van der Waals surface area contributed by atoms with Gasteiger partial charge in [-0.3, -0.25) is 4.68 Å². The van der Waals surface area contributed by atoms with E-state index in [1.165, 1.54) is 0 Å². The molecule has 0 aliphatic carbocycles. The maximum absolute atomic E-state index is 6.58. The quantitative estimate of drug-likeness (QED) is 0.706. The van der Waals surface area contributed by atoms with E-state index < -0.39 is 0 Å². The number of hydrogen-bond acceptors (Lipinski definition) is 8. The van der Waals surface area contributed by atoms with Crippen LogP contribution in [0.5, 0.6) is 0 Å². The number of nitrogens with two attached hydrogens (primary N) is 1. The van der Waals surface area contributed by atoms with Gasteiger partial charge in [0, 0.05) is 36.1 Å². The molecule has 0 amide bonds. The average Bonchev–Trinajstić information content (AvgIpc) is 3.28. The van der Waals surface area contributed by atoms with E-state index in [1.54, 1.807) is 18.0 Å². The second kappa shape index (κ2) is 7.07. The molecule has 5 heterocycles. The van der Waals surface area contributed by atoms with Crippen molar-refractivity contribution in [3.05, 3.63) is 47.5 Å². The predicted molar refractivity (Wildman–Crippen MR) is 111 cm³/mol. The van der Waals surface area contributed by atoms with E-state index in [-0.39, 0.29) is 11.5 Å². The van der Waals surface area contributed by atoms with Gasteiger partial charge in [0.15, 0.2) is 5.82 Å². The number of piperidine rings is 1. The monoisotopic (exact) mass is 408 g/mol. The van der Waals surface area contributed by atoms with Gasteiger partial charge in [0.05, 0.1) is 23.6 Å². The molecular weight excluding hydrogens is 384 g/mol. The molecule has 9 heteroatoms. The molecule has 0 aromatic carbocycles. The lowest BCUT2D eigenvalue weighted by atomic mass is 9.73. The molecule has 0 radical (unpaired) electrons. The van der Waals surface area contributed by atoms with E-state index in [4.69, 9.17) is 5.73 Å². The number of anilines is 1. The van der Waals surface area contributed by atoms with E-state index in [0.717, 1.165) is 65.2 Å². The summed E-state index contributed by atoms with van der Waals surface area (Å²) in [6, 6.07) is 6.21. The lowest BCUT2D eigenvalue weighted by Crippen LogP contribution is -2.45. The summed E-state index contributed by atoms with van der Waals surface area (Å²) in [5.41, 5.74) is 9.93. The van der Waals surface area contributed by atoms with Crippen LogP contribution in [0, 0.1) is 19.3 Å². The van der Waals surface area contributed by atoms with Gasteiger partial charge in [0.25, 0.3) is 0 Å². The molecule has 0 unspecified atom stereocenters. The molecule has 8 nitrogen and oxygen atoms in total. The molecule has 2 N–H and O–H groups in total. The van der Waals surface area contributed by atoms with Crippen LogP contribution in [0.3, 0.4) is 0 Å². The van der Waals surface area contributed by atoms with Gasteiger partial charge in [0.2, 0.25) is 0 Å². The van der Waals surface area contributed by atoms with Gasteiger partial charge in [-0.2, -0.15) is 15.3 Å². The van der Waals surface area contributed by atoms with E-state index in [9.17, 15) is 0 Å². The number of aryl methyl sites for hydroxylation is 1. The number of nitrogens with zero attached hydrogens (tertiary/aromatic N) is 7. The number of aromatic nitrogens is 6. The first kappa shape index (κ1) is 18.5. The lowest BCUT2D eigenvalue weighted by molar-refractivity contribution is 0.170. The fourth-order valence-corrected chi connectivity index (χ4v) is 5.21. The Kier molecular flexibility index (Phi) is 4.51. The number of rotatable bonds is 3. The minimum atomic E-state index is 0.0673. The summed E-state index contributed by atoms with van der Waals surface area (Å²) in [6.45, 7) is 6.81. The number of hydrogen-bond donors (Lipinski definition) is 1. The molecule has 3 aromatic rings. The number of fused-ring (bicyclic) bond motifs is 1. The maximum Gasteiger partial charge on any atom is 0.151 e. The van der Waals surface area contributed by atoms with Gasteiger partial charge in [-0.25, -0.2) is 0 Å². The molecule has 2 aliphatic rings. The van der Waals surface area contributed by atoms with Crippen molar-refractivity contribution in [3.8, 4) is 0 Å². The average molecular weight is 409 g/mol. The summed E-state index contributed by atoms with van der Waals surface area (Å²) in [4.78, 5) is 3.37. The van der Waals surface area contributed by atoms with Crippen molar-refractivity contribution in [1.82, 2.24) is 30.2 Å². The van der Waals surface area contributed by atoms with Gasteiger partial charge in [0.1, 0.15) is 5.03 Å². The summed E-state index contributed by atoms with van der Waals surface area (Å²) in [6.07, 6.45) is 5.70. The van der Waals surface area contributed by atoms with Crippen molar-refractivity contribution in [2.24, 2.45) is 11.1 Å². The lowest BCUT2D eigenvalue weighted by Gasteiger charge is -2.41. The summed E-state index contributed by atoms with van der Waals surface area (Å²) < 4.78 is 2.07. The third-order valence-corrected chi connectivity index (χ3v) is 7.47. The third-order valence-electron chi connectivity index (χ3n) is 6.41. The first-order chi connectivity index (χ1) is 14.1. The van der Waals surface area contributed by atoms with Gasteiger partial charge >= 0.3 is 0 Å². The SMILES string of the molecule is Cc1nncc(Sc2ccc(N3CCC4(CC3)Cn3nccc3[C@H]4N)nn2)c1C. The molecule has 1 spiro atoms. The summed E-state index contributed by atoms with van der Waals surface area (Å²) in [5, 5.41) is 22.3. The molecule has 29 heavy (non-hydrogen) atoms. The van der Waals surface area contributed by atoms with Crippen LogP contribution < -0.4 is 10.6 Å². The minimum Gasteiger partial charge on any atom is -0.355 e. The molecule has 0 bridgehead atoms. The normalized spacial score (nSPS) is 20.2. The third kappa shape index (κ3) is 3.18. The zero-order valence-corrected chi connectivity index (χ0v) is 17.4. The van der Waals surface area contributed by atoms with E-state index >= 15 is 0 Å². The van der Waals surface area contributed by atoms with Crippen molar-refractivity contribution >= 4 is 17.6 Å². The fraction of sp³-hybridized carbons (Fsp3) is 0.450. The van der Waals surface area contributed by atoms with Crippen LogP contribution in [-0.2, 0) is 6.54 Å². The highest BCUT2D eigenvalue weighted by Crippen LogP contribution is 2.47. The predicted octanol–water partition coefficient (Wildman–Crippen LogP) is 2.53. The zero-order valence-electron chi connectivity index (χ0n) is 16.6. The van der Waals surface area contributed by atoms with Crippen molar-refractivity contribution in [3.63, 3.8) is 0 Å². The minimum absolute atomic E-state index is 0.0673. The van der Waals surface area contributed by atoms with Crippen LogP contribution in [0.25, 0.3) is 0 Å². The smallest absolute Gasteiger partial charge is 0.151 e. The van der Waals surface area contributed by atoms with Gasteiger partial charge in [-0.15, -0.1) is 10.2 Å². The van der Waals surface area contributed by atoms with Gasteiger partial charge < -0.3 is 10.6 Å². The molecule has 1 atom stereocenters. The van der Waals surface area contributed by atoms with Gasteiger partial charge in [-0.1, -0.05) is 11.8 Å². The topological polar surface area (TPSA) is 98.6 Å². The molecule has 2 aliphatic heterocycles. The van der Waals surface area contributed by atoms with E-state index in [2.05, 4.69) is 54.1 Å². The van der Waals surface area contributed by atoms with Gasteiger partial charge in [-0.05, 0) is 50.5 Å². The Labute approximate surface area is 173 Å². The highest BCUT2D eigenvalue weighted by atomic mass is 32.2. The van der Waals surface area contributed by atoms with E-state index in [1.807, 2.05) is 19.2 Å². The molecule has 150 valence electrons. The van der Waals surface area contributed by atoms with Crippen LogP contribution in [0.1, 0.15) is 35.8 Å². The van der Waals surface area contributed by atoms with Crippen molar-refractivity contribution in [1.29, 1.82) is 0 Å². The highest BCUT2D eigenvalue weighted by Gasteiger charge is 2.46. The van der Waals surface area contributed by atoms with E-state index in [0.29, 0.717) is 0 Å². The zero-order chi connectivity index (χ0) is 20.0. The molecule has 0 saturated carbocycles. The summed E-state index contributed by atoms with van der Waals surface area (Å²) >= 11 is 1.57. The molecule has 5 rings (SSSR count). The van der Waals surface area contributed by atoms with Crippen LogP contribution in [-0.4, -0.2) is 43.3 Å². The molecule has 1 fully saturated rings. The fourth-order valence-electron chi connectivity index (χ4n) is 4.37. The second-order valence-corrected chi connectivity index (χ2v) is 9.05. The molecular formula is C20H24N8S. The van der Waals surface area contributed by atoms with Crippen molar-refractivity contribution in [2.75, 3.05) is 18.0 Å². The van der Waals surface area contributed by atoms with Crippen LogP contribution in [0.2, 0.25) is 0 Å². The Morgan fingerprint density at radius 1 is 1.10 bits per heavy atom. The summed E-state index contributed by atoms with van der Waals surface area (Å²) in [7, 11) is 0.